The predicted molar refractivity (Wildman–Crippen MR) is 99.5 cm³/mol. The van der Waals surface area contributed by atoms with E-state index in [-0.39, 0.29) is 23.7 Å². The van der Waals surface area contributed by atoms with Crippen LogP contribution in [0.2, 0.25) is 0 Å². The molecular formula is C20H30N2O3. The van der Waals surface area contributed by atoms with Gasteiger partial charge in [0.05, 0.1) is 7.11 Å². The number of anilines is 1. The van der Waals surface area contributed by atoms with Crippen LogP contribution in [0.1, 0.15) is 46.5 Å². The van der Waals surface area contributed by atoms with Gasteiger partial charge < -0.3 is 15.4 Å². The molecule has 1 aromatic carbocycles. The first kappa shape index (κ1) is 19.3. The first-order valence-electron chi connectivity index (χ1n) is 9.17. The summed E-state index contributed by atoms with van der Waals surface area (Å²) >= 11 is 0. The Kier molecular flexibility index (Phi) is 6.85. The average molecular weight is 346 g/mol. The first-order valence-corrected chi connectivity index (χ1v) is 9.17. The van der Waals surface area contributed by atoms with Crippen molar-refractivity contribution in [1.82, 2.24) is 5.32 Å². The van der Waals surface area contributed by atoms with E-state index in [0.717, 1.165) is 25.0 Å². The summed E-state index contributed by atoms with van der Waals surface area (Å²) in [7, 11) is 1.60. The Morgan fingerprint density at radius 1 is 1.12 bits per heavy atom. The van der Waals surface area contributed by atoms with Crippen LogP contribution < -0.4 is 15.4 Å². The van der Waals surface area contributed by atoms with E-state index < -0.39 is 6.04 Å². The zero-order valence-electron chi connectivity index (χ0n) is 15.7. The summed E-state index contributed by atoms with van der Waals surface area (Å²) in [5.74, 6) is 0.974. The maximum Gasteiger partial charge on any atom is 0.247 e. The summed E-state index contributed by atoms with van der Waals surface area (Å²) in [5.41, 5.74) is 0.691. The molecule has 0 unspecified atom stereocenters. The highest BCUT2D eigenvalue weighted by Crippen LogP contribution is 2.30. The molecule has 1 aliphatic carbocycles. The Hall–Kier alpha value is -2.04. The van der Waals surface area contributed by atoms with Crippen molar-refractivity contribution in [2.24, 2.45) is 17.8 Å². The minimum Gasteiger partial charge on any atom is -0.497 e. The first-order chi connectivity index (χ1) is 11.9. The van der Waals surface area contributed by atoms with Crippen molar-refractivity contribution in [1.29, 1.82) is 0 Å². The number of hydrogen-bond donors (Lipinski definition) is 2. The molecule has 1 saturated carbocycles. The van der Waals surface area contributed by atoms with Crippen LogP contribution in [0, 0.1) is 17.8 Å². The number of carbonyl (C=O) groups is 2. The Bertz CT molecular complexity index is 583. The molecule has 0 aromatic heterocycles. The topological polar surface area (TPSA) is 67.4 Å². The van der Waals surface area contributed by atoms with E-state index in [2.05, 4.69) is 17.6 Å². The molecule has 2 rings (SSSR count). The average Bonchev–Trinajstić information content (AvgIpc) is 2.60. The van der Waals surface area contributed by atoms with Crippen LogP contribution in [0.25, 0.3) is 0 Å². The molecule has 5 nitrogen and oxygen atoms in total. The molecule has 25 heavy (non-hydrogen) atoms. The van der Waals surface area contributed by atoms with Crippen molar-refractivity contribution in [2.75, 3.05) is 12.4 Å². The van der Waals surface area contributed by atoms with Crippen molar-refractivity contribution < 1.29 is 14.3 Å². The number of rotatable bonds is 6. The molecule has 0 bridgehead atoms. The van der Waals surface area contributed by atoms with Crippen molar-refractivity contribution in [2.45, 2.75) is 52.5 Å². The molecule has 0 heterocycles. The van der Waals surface area contributed by atoms with Gasteiger partial charge in [-0.25, -0.2) is 0 Å². The third kappa shape index (κ3) is 5.21. The van der Waals surface area contributed by atoms with E-state index in [0.29, 0.717) is 11.6 Å². The van der Waals surface area contributed by atoms with Gasteiger partial charge in [-0.15, -0.1) is 0 Å². The highest BCUT2D eigenvalue weighted by molar-refractivity contribution is 5.97. The smallest absolute Gasteiger partial charge is 0.247 e. The third-order valence-corrected chi connectivity index (χ3v) is 5.05. The van der Waals surface area contributed by atoms with E-state index in [4.69, 9.17) is 4.74 Å². The van der Waals surface area contributed by atoms with Gasteiger partial charge in [0.25, 0.3) is 0 Å². The summed E-state index contributed by atoms with van der Waals surface area (Å²) in [6.07, 6.45) is 4.28. The summed E-state index contributed by atoms with van der Waals surface area (Å²) in [6.45, 7) is 6.02. The Labute approximate surface area is 150 Å². The van der Waals surface area contributed by atoms with E-state index >= 15 is 0 Å². The zero-order chi connectivity index (χ0) is 18.4. The van der Waals surface area contributed by atoms with E-state index in [9.17, 15) is 9.59 Å². The molecule has 0 aliphatic heterocycles. The number of amides is 2. The normalized spacial score (nSPS) is 21.5. The molecule has 0 radical (unpaired) electrons. The molecule has 1 aromatic rings. The minimum absolute atomic E-state index is 0.00998. The third-order valence-electron chi connectivity index (χ3n) is 5.05. The van der Waals surface area contributed by atoms with Crippen molar-refractivity contribution >= 4 is 17.5 Å². The number of benzene rings is 1. The second-order valence-electron chi connectivity index (χ2n) is 7.32. The molecule has 5 heteroatoms. The molecule has 1 aliphatic rings. The lowest BCUT2D eigenvalue weighted by atomic mass is 9.79. The lowest BCUT2D eigenvalue weighted by molar-refractivity contribution is -0.132. The molecule has 3 atom stereocenters. The van der Waals surface area contributed by atoms with E-state index in [1.54, 1.807) is 31.4 Å². The number of hydrogen-bond acceptors (Lipinski definition) is 3. The summed E-state index contributed by atoms with van der Waals surface area (Å²) in [6, 6.07) is 6.63. The van der Waals surface area contributed by atoms with Gasteiger partial charge in [0.2, 0.25) is 11.8 Å². The molecule has 1 fully saturated rings. The summed E-state index contributed by atoms with van der Waals surface area (Å²) in [5, 5.41) is 5.87. The number of methoxy groups -OCH3 is 1. The van der Waals surface area contributed by atoms with Crippen LogP contribution in [0.4, 0.5) is 5.69 Å². The Balaban J connectivity index is 2.00. The molecule has 0 spiro atoms. The largest absolute Gasteiger partial charge is 0.497 e. The number of carbonyl (C=O) groups excluding carboxylic acids is 2. The lowest BCUT2D eigenvalue weighted by Crippen LogP contribution is -2.50. The van der Waals surface area contributed by atoms with Gasteiger partial charge >= 0.3 is 0 Å². The minimum atomic E-state index is -0.538. The van der Waals surface area contributed by atoms with E-state index in [1.165, 1.54) is 6.42 Å². The van der Waals surface area contributed by atoms with Crippen molar-refractivity contribution in [3.8, 4) is 5.75 Å². The number of nitrogens with one attached hydrogen (secondary N) is 2. The van der Waals surface area contributed by atoms with Crippen LogP contribution in [0.5, 0.6) is 5.75 Å². The molecule has 2 amide bonds. The second kappa shape index (κ2) is 8.88. The molecular weight excluding hydrogens is 316 g/mol. The van der Waals surface area contributed by atoms with Gasteiger partial charge in [0.1, 0.15) is 11.8 Å². The van der Waals surface area contributed by atoms with Gasteiger partial charge in [0.15, 0.2) is 0 Å². The van der Waals surface area contributed by atoms with Crippen molar-refractivity contribution in [3.63, 3.8) is 0 Å². The van der Waals surface area contributed by atoms with Gasteiger partial charge in [-0.2, -0.15) is 0 Å². The van der Waals surface area contributed by atoms with Crippen LogP contribution in [0.15, 0.2) is 24.3 Å². The maximum absolute atomic E-state index is 12.7. The second-order valence-corrected chi connectivity index (χ2v) is 7.32. The number of ether oxygens (including phenoxy) is 1. The van der Waals surface area contributed by atoms with Gasteiger partial charge in [-0.1, -0.05) is 33.6 Å². The molecule has 138 valence electrons. The predicted octanol–water partition coefficient (Wildman–Crippen LogP) is 3.60. The molecule has 2 N–H and O–H groups in total. The fraction of sp³-hybridized carbons (Fsp3) is 0.600. The van der Waals surface area contributed by atoms with Gasteiger partial charge in [0, 0.05) is 11.6 Å². The van der Waals surface area contributed by atoms with Crippen LogP contribution in [-0.2, 0) is 9.59 Å². The van der Waals surface area contributed by atoms with Crippen molar-refractivity contribution in [3.05, 3.63) is 24.3 Å². The fourth-order valence-corrected chi connectivity index (χ4v) is 3.40. The maximum atomic E-state index is 12.7. The standard InChI is InChI=1S/C20H30N2O3/c1-13(2)18(22-19(23)17-8-6-5-7-14(17)3)20(24)21-15-9-11-16(25-4)12-10-15/h9-14,17-18H,5-8H2,1-4H3,(H,21,24)(H,22,23)/t14-,17+,18-/m0/s1. The monoisotopic (exact) mass is 346 g/mol. The quantitative estimate of drug-likeness (QED) is 0.827. The van der Waals surface area contributed by atoms with Crippen LogP contribution in [0.3, 0.4) is 0 Å². The van der Waals surface area contributed by atoms with Crippen LogP contribution >= 0.6 is 0 Å². The van der Waals surface area contributed by atoms with E-state index in [1.807, 2.05) is 13.8 Å². The zero-order valence-corrected chi connectivity index (χ0v) is 15.7. The van der Waals surface area contributed by atoms with Crippen LogP contribution in [-0.4, -0.2) is 25.0 Å². The highest BCUT2D eigenvalue weighted by Gasteiger charge is 2.31. The SMILES string of the molecule is COc1ccc(NC(=O)[C@@H](NC(=O)[C@@H]2CCCC[C@@H]2C)C(C)C)cc1. The lowest BCUT2D eigenvalue weighted by Gasteiger charge is -2.30. The fourth-order valence-electron chi connectivity index (χ4n) is 3.40. The Morgan fingerprint density at radius 2 is 1.76 bits per heavy atom. The molecule has 0 saturated heterocycles. The van der Waals surface area contributed by atoms with Gasteiger partial charge in [-0.05, 0) is 48.9 Å². The van der Waals surface area contributed by atoms with Gasteiger partial charge in [-0.3, -0.25) is 9.59 Å². The Morgan fingerprint density at radius 3 is 2.32 bits per heavy atom. The highest BCUT2D eigenvalue weighted by atomic mass is 16.5. The summed E-state index contributed by atoms with van der Waals surface area (Å²) < 4.78 is 5.12. The summed E-state index contributed by atoms with van der Waals surface area (Å²) in [4.78, 5) is 25.3.